The van der Waals surface area contributed by atoms with Crippen LogP contribution in [0.25, 0.3) is 0 Å². The van der Waals surface area contributed by atoms with Crippen LogP contribution >= 0.6 is 22.9 Å². The number of rotatable bonds is 4. The third-order valence-corrected chi connectivity index (χ3v) is 5.80. The van der Waals surface area contributed by atoms with E-state index in [-0.39, 0.29) is 4.21 Å². The number of aryl methyl sites for hydroxylation is 1. The van der Waals surface area contributed by atoms with Crippen LogP contribution in [-0.2, 0) is 10.0 Å². The van der Waals surface area contributed by atoms with Gasteiger partial charge in [-0.15, -0.1) is 11.3 Å². The van der Waals surface area contributed by atoms with Crippen LogP contribution in [0.2, 0.25) is 4.34 Å². The van der Waals surface area contributed by atoms with Gasteiger partial charge in [0.2, 0.25) is 5.95 Å². The highest BCUT2D eigenvalue weighted by molar-refractivity contribution is 7.94. The largest absolute Gasteiger partial charge is 0.347 e. The maximum Gasteiger partial charge on any atom is 0.271 e. The number of halogens is 1. The zero-order chi connectivity index (χ0) is 14.9. The van der Waals surface area contributed by atoms with Crippen LogP contribution < -0.4 is 9.62 Å². The lowest BCUT2D eigenvalue weighted by molar-refractivity contribution is 0.603. The smallest absolute Gasteiger partial charge is 0.271 e. The summed E-state index contributed by atoms with van der Waals surface area (Å²) in [6.45, 7) is 1.76. The Labute approximate surface area is 126 Å². The van der Waals surface area contributed by atoms with Crippen LogP contribution in [0.5, 0.6) is 0 Å². The lowest BCUT2D eigenvalue weighted by atomic mass is 10.4. The summed E-state index contributed by atoms with van der Waals surface area (Å²) in [5, 5.41) is 0. The molecular weight excluding hydrogens is 320 g/mol. The van der Waals surface area contributed by atoms with Gasteiger partial charge in [-0.05, 0) is 18.6 Å². The predicted octanol–water partition coefficient (Wildman–Crippen LogP) is 2.37. The van der Waals surface area contributed by atoms with Crippen molar-refractivity contribution in [2.45, 2.75) is 11.1 Å². The van der Waals surface area contributed by atoms with Crippen molar-refractivity contribution in [3.8, 4) is 0 Å². The first kappa shape index (κ1) is 15.0. The van der Waals surface area contributed by atoms with E-state index < -0.39 is 10.0 Å². The van der Waals surface area contributed by atoms with Gasteiger partial charge < -0.3 is 4.90 Å². The Morgan fingerprint density at radius 3 is 2.35 bits per heavy atom. The molecule has 0 saturated heterocycles. The van der Waals surface area contributed by atoms with Crippen molar-refractivity contribution >= 4 is 44.6 Å². The van der Waals surface area contributed by atoms with Crippen molar-refractivity contribution in [3.05, 3.63) is 28.4 Å². The molecule has 1 N–H and O–H groups in total. The van der Waals surface area contributed by atoms with Crippen LogP contribution in [0.15, 0.2) is 22.7 Å². The molecule has 9 heteroatoms. The van der Waals surface area contributed by atoms with Gasteiger partial charge in [-0.2, -0.15) is 0 Å². The topological polar surface area (TPSA) is 75.2 Å². The van der Waals surface area contributed by atoms with E-state index in [2.05, 4.69) is 14.7 Å². The molecule has 2 aromatic rings. The van der Waals surface area contributed by atoms with Crippen LogP contribution in [-0.4, -0.2) is 32.5 Å². The number of hydrogen-bond donors (Lipinski definition) is 1. The van der Waals surface area contributed by atoms with Crippen LogP contribution in [0.1, 0.15) is 5.56 Å². The minimum absolute atomic E-state index is 0.164. The van der Waals surface area contributed by atoms with Crippen LogP contribution in [0.4, 0.5) is 11.6 Å². The second kappa shape index (κ2) is 5.55. The fourth-order valence-corrected chi connectivity index (χ4v) is 4.11. The number of nitrogens with one attached hydrogen (secondary N) is 1. The lowest BCUT2D eigenvalue weighted by Gasteiger charge is -2.10. The molecule has 20 heavy (non-hydrogen) atoms. The molecule has 0 aliphatic rings. The Kier molecular flexibility index (Phi) is 4.17. The van der Waals surface area contributed by atoms with Crippen molar-refractivity contribution in [2.75, 3.05) is 23.7 Å². The maximum absolute atomic E-state index is 12.2. The van der Waals surface area contributed by atoms with Crippen molar-refractivity contribution in [2.24, 2.45) is 0 Å². The number of aromatic nitrogens is 2. The normalized spacial score (nSPS) is 11.4. The Morgan fingerprint density at radius 2 is 1.90 bits per heavy atom. The van der Waals surface area contributed by atoms with Crippen LogP contribution in [0, 0.1) is 6.92 Å². The van der Waals surface area contributed by atoms with E-state index >= 15 is 0 Å². The molecule has 2 aromatic heterocycles. The summed E-state index contributed by atoms with van der Waals surface area (Å²) in [7, 11) is -0.0552. The Morgan fingerprint density at radius 1 is 1.30 bits per heavy atom. The molecule has 2 rings (SSSR count). The van der Waals surface area contributed by atoms with E-state index in [1.54, 1.807) is 25.9 Å². The van der Waals surface area contributed by atoms with Gasteiger partial charge in [0, 0.05) is 14.1 Å². The highest BCUT2D eigenvalue weighted by atomic mass is 35.5. The third kappa shape index (κ3) is 3.20. The van der Waals surface area contributed by atoms with E-state index in [1.165, 1.54) is 18.5 Å². The van der Waals surface area contributed by atoms with Gasteiger partial charge in [0.1, 0.15) is 4.21 Å². The first-order valence-electron chi connectivity index (χ1n) is 5.58. The number of thiophene rings is 1. The minimum atomic E-state index is -3.66. The number of nitrogens with zero attached hydrogens (tertiary/aromatic N) is 3. The van der Waals surface area contributed by atoms with Gasteiger partial charge in [0.15, 0.2) is 0 Å². The zero-order valence-electron chi connectivity index (χ0n) is 11.1. The quantitative estimate of drug-likeness (QED) is 0.930. The van der Waals surface area contributed by atoms with Crippen molar-refractivity contribution in [1.29, 1.82) is 0 Å². The number of sulfonamides is 1. The SMILES string of the molecule is Cc1cc(S(=O)(=O)Nc2cnc(N(C)C)nc2)sc1Cl. The summed E-state index contributed by atoms with van der Waals surface area (Å²) in [6, 6.07) is 1.53. The van der Waals surface area contributed by atoms with Gasteiger partial charge in [-0.1, -0.05) is 11.6 Å². The molecule has 6 nitrogen and oxygen atoms in total. The molecule has 0 saturated carbocycles. The second-order valence-electron chi connectivity index (χ2n) is 4.29. The third-order valence-electron chi connectivity index (χ3n) is 2.39. The maximum atomic E-state index is 12.2. The van der Waals surface area contributed by atoms with Crippen molar-refractivity contribution < 1.29 is 8.42 Å². The Hall–Kier alpha value is -1.38. The van der Waals surface area contributed by atoms with E-state index in [0.29, 0.717) is 16.0 Å². The van der Waals surface area contributed by atoms with E-state index in [1.807, 2.05) is 0 Å². The molecule has 108 valence electrons. The lowest BCUT2D eigenvalue weighted by Crippen LogP contribution is -2.15. The number of hydrogen-bond acceptors (Lipinski definition) is 6. The predicted molar refractivity (Wildman–Crippen MR) is 81.2 cm³/mol. The van der Waals surface area contributed by atoms with Gasteiger partial charge in [-0.3, -0.25) is 4.72 Å². The molecule has 0 atom stereocenters. The summed E-state index contributed by atoms with van der Waals surface area (Å²) < 4.78 is 27.4. The molecule has 0 spiro atoms. The van der Waals surface area contributed by atoms with Crippen LogP contribution in [0.3, 0.4) is 0 Å². The molecule has 0 fully saturated rings. The summed E-state index contributed by atoms with van der Waals surface area (Å²) in [4.78, 5) is 9.81. The molecule has 0 aliphatic carbocycles. The van der Waals surface area contributed by atoms with Crippen molar-refractivity contribution in [3.63, 3.8) is 0 Å². The fourth-order valence-electron chi connectivity index (χ4n) is 1.37. The van der Waals surface area contributed by atoms with E-state index in [0.717, 1.165) is 16.9 Å². The van der Waals surface area contributed by atoms with Crippen molar-refractivity contribution in [1.82, 2.24) is 9.97 Å². The van der Waals surface area contributed by atoms with Gasteiger partial charge in [0.05, 0.1) is 22.4 Å². The zero-order valence-corrected chi connectivity index (χ0v) is 13.5. The second-order valence-corrected chi connectivity index (χ2v) is 7.86. The summed E-state index contributed by atoms with van der Waals surface area (Å²) in [6.07, 6.45) is 2.84. The van der Waals surface area contributed by atoms with Gasteiger partial charge in [0.25, 0.3) is 10.0 Å². The summed E-state index contributed by atoms with van der Waals surface area (Å²) >= 11 is 6.90. The molecule has 0 amide bonds. The van der Waals surface area contributed by atoms with Gasteiger partial charge in [-0.25, -0.2) is 18.4 Å². The number of anilines is 2. The average Bonchev–Trinajstić information content (AvgIpc) is 2.71. The minimum Gasteiger partial charge on any atom is -0.347 e. The van der Waals surface area contributed by atoms with E-state index in [9.17, 15) is 8.42 Å². The average molecular weight is 333 g/mol. The van der Waals surface area contributed by atoms with Gasteiger partial charge >= 0.3 is 0 Å². The molecule has 0 unspecified atom stereocenters. The molecule has 0 aromatic carbocycles. The monoisotopic (exact) mass is 332 g/mol. The Balaban J connectivity index is 2.24. The molecule has 0 bridgehead atoms. The first-order valence-corrected chi connectivity index (χ1v) is 8.25. The fraction of sp³-hybridized carbons (Fsp3) is 0.273. The molecule has 0 radical (unpaired) electrons. The highest BCUT2D eigenvalue weighted by Gasteiger charge is 2.19. The standard InChI is InChI=1S/C11H13ClN4O2S2/c1-7-4-9(19-10(7)12)20(17,18)15-8-5-13-11(14-6-8)16(2)3/h4-6,15H,1-3H3. The first-order chi connectivity index (χ1) is 9.29. The molecular formula is C11H13ClN4O2S2. The highest BCUT2D eigenvalue weighted by Crippen LogP contribution is 2.31. The summed E-state index contributed by atoms with van der Waals surface area (Å²) in [5.41, 5.74) is 1.04. The molecule has 0 aliphatic heterocycles. The summed E-state index contributed by atoms with van der Waals surface area (Å²) in [5.74, 6) is 0.503. The molecule has 2 heterocycles. The Bertz CT molecular complexity index is 691. The van der Waals surface area contributed by atoms with E-state index in [4.69, 9.17) is 11.6 Å².